The molecular weight excluding hydrogens is 242 g/mol. The number of hydrogen-bond acceptors (Lipinski definition) is 2. The van der Waals surface area contributed by atoms with Gasteiger partial charge in [0.1, 0.15) is 5.88 Å². The van der Waals surface area contributed by atoms with Crippen molar-refractivity contribution in [3.05, 3.63) is 35.4 Å². The summed E-state index contributed by atoms with van der Waals surface area (Å²) in [5.74, 6) is 1.84. The van der Waals surface area contributed by atoms with Crippen LogP contribution < -0.4 is 5.32 Å². The number of rotatable bonds is 6. The Morgan fingerprint density at radius 1 is 1.38 bits per heavy atom. The minimum absolute atomic E-state index is 0.0443. The van der Waals surface area contributed by atoms with Gasteiger partial charge in [0.05, 0.1) is 0 Å². The fourth-order valence-electron chi connectivity index (χ4n) is 1.18. The SMILES string of the molecule is Cc1ccc(CSCCNC(=O)CCl)cc1. The summed E-state index contributed by atoms with van der Waals surface area (Å²) in [5, 5.41) is 2.74. The maximum absolute atomic E-state index is 10.8. The molecule has 0 heterocycles. The summed E-state index contributed by atoms with van der Waals surface area (Å²) < 4.78 is 0. The topological polar surface area (TPSA) is 29.1 Å². The number of thioether (sulfide) groups is 1. The second kappa shape index (κ2) is 7.58. The molecule has 4 heteroatoms. The first-order chi connectivity index (χ1) is 7.72. The van der Waals surface area contributed by atoms with Crippen LogP contribution in [0, 0.1) is 6.92 Å². The number of aryl methyl sites for hydroxylation is 1. The molecular formula is C12H16ClNOS. The first-order valence-electron chi connectivity index (χ1n) is 5.18. The normalized spacial score (nSPS) is 10.1. The lowest BCUT2D eigenvalue weighted by Crippen LogP contribution is -2.26. The van der Waals surface area contributed by atoms with Crippen LogP contribution >= 0.6 is 23.4 Å². The number of amides is 1. The molecule has 1 aromatic carbocycles. The van der Waals surface area contributed by atoms with Gasteiger partial charge in [0, 0.05) is 18.1 Å². The Kier molecular flexibility index (Phi) is 6.34. The molecule has 0 aromatic heterocycles. The molecule has 0 atom stereocenters. The zero-order valence-electron chi connectivity index (χ0n) is 9.33. The third-order valence-electron chi connectivity index (χ3n) is 2.08. The fourth-order valence-corrected chi connectivity index (χ4v) is 2.10. The van der Waals surface area contributed by atoms with E-state index in [4.69, 9.17) is 11.6 Å². The molecule has 0 saturated heterocycles. The molecule has 1 amide bonds. The van der Waals surface area contributed by atoms with E-state index in [1.807, 2.05) is 0 Å². The zero-order chi connectivity index (χ0) is 11.8. The maximum atomic E-state index is 10.8. The molecule has 1 rings (SSSR count). The van der Waals surface area contributed by atoms with Crippen LogP contribution in [0.15, 0.2) is 24.3 Å². The summed E-state index contributed by atoms with van der Waals surface area (Å²) in [6.07, 6.45) is 0. The first-order valence-corrected chi connectivity index (χ1v) is 6.87. The van der Waals surface area contributed by atoms with Gasteiger partial charge in [-0.25, -0.2) is 0 Å². The van der Waals surface area contributed by atoms with Crippen molar-refractivity contribution >= 4 is 29.3 Å². The molecule has 0 aliphatic rings. The van der Waals surface area contributed by atoms with Gasteiger partial charge in [-0.3, -0.25) is 4.79 Å². The van der Waals surface area contributed by atoms with Crippen molar-refractivity contribution in [3.8, 4) is 0 Å². The molecule has 0 fully saturated rings. The van der Waals surface area contributed by atoms with Crippen molar-refractivity contribution in [1.29, 1.82) is 0 Å². The van der Waals surface area contributed by atoms with E-state index in [0.29, 0.717) is 6.54 Å². The Labute approximate surface area is 106 Å². The molecule has 88 valence electrons. The molecule has 0 unspecified atom stereocenters. The highest BCUT2D eigenvalue weighted by molar-refractivity contribution is 7.98. The number of carbonyl (C=O) groups excluding carboxylic acids is 1. The van der Waals surface area contributed by atoms with Crippen molar-refractivity contribution in [3.63, 3.8) is 0 Å². The van der Waals surface area contributed by atoms with Gasteiger partial charge in [0.25, 0.3) is 0 Å². The van der Waals surface area contributed by atoms with E-state index in [2.05, 4.69) is 36.5 Å². The third-order valence-corrected chi connectivity index (χ3v) is 3.35. The number of halogens is 1. The van der Waals surface area contributed by atoms with Crippen molar-refractivity contribution < 1.29 is 4.79 Å². The van der Waals surface area contributed by atoms with Crippen molar-refractivity contribution in [2.45, 2.75) is 12.7 Å². The van der Waals surface area contributed by atoms with E-state index < -0.39 is 0 Å². The van der Waals surface area contributed by atoms with Gasteiger partial charge >= 0.3 is 0 Å². The van der Waals surface area contributed by atoms with Crippen LogP contribution in [0.2, 0.25) is 0 Å². The van der Waals surface area contributed by atoms with E-state index in [1.54, 1.807) is 11.8 Å². The van der Waals surface area contributed by atoms with Gasteiger partial charge < -0.3 is 5.32 Å². The van der Waals surface area contributed by atoms with Crippen molar-refractivity contribution in [2.75, 3.05) is 18.2 Å². The Balaban J connectivity index is 2.11. The largest absolute Gasteiger partial charge is 0.354 e. The highest BCUT2D eigenvalue weighted by Crippen LogP contribution is 2.12. The smallest absolute Gasteiger partial charge is 0.234 e. The molecule has 16 heavy (non-hydrogen) atoms. The van der Waals surface area contributed by atoms with Crippen LogP contribution in [0.1, 0.15) is 11.1 Å². The molecule has 1 N–H and O–H groups in total. The van der Waals surface area contributed by atoms with Crippen LogP contribution in [0.25, 0.3) is 0 Å². The molecule has 2 nitrogen and oxygen atoms in total. The highest BCUT2D eigenvalue weighted by Gasteiger charge is 1.97. The zero-order valence-corrected chi connectivity index (χ0v) is 10.9. The summed E-state index contributed by atoms with van der Waals surface area (Å²) in [6, 6.07) is 8.51. The number of carbonyl (C=O) groups is 1. The Hall–Kier alpha value is -0.670. The van der Waals surface area contributed by atoms with E-state index in [0.717, 1.165) is 11.5 Å². The predicted octanol–water partition coefficient (Wildman–Crippen LogP) is 2.58. The van der Waals surface area contributed by atoms with Gasteiger partial charge in [0.15, 0.2) is 0 Å². The third kappa shape index (κ3) is 5.42. The Bertz CT molecular complexity index is 326. The minimum Gasteiger partial charge on any atom is -0.354 e. The summed E-state index contributed by atoms with van der Waals surface area (Å²) in [7, 11) is 0. The maximum Gasteiger partial charge on any atom is 0.234 e. The van der Waals surface area contributed by atoms with Crippen LogP contribution in [-0.2, 0) is 10.5 Å². The number of alkyl halides is 1. The second-order valence-corrected chi connectivity index (χ2v) is 4.89. The van der Waals surface area contributed by atoms with Crippen LogP contribution in [0.3, 0.4) is 0 Å². The molecule has 0 saturated carbocycles. The average molecular weight is 258 g/mol. The first kappa shape index (κ1) is 13.4. The van der Waals surface area contributed by atoms with E-state index in [-0.39, 0.29) is 11.8 Å². The quantitative estimate of drug-likeness (QED) is 0.627. The number of hydrogen-bond donors (Lipinski definition) is 1. The lowest BCUT2D eigenvalue weighted by atomic mass is 10.2. The van der Waals surface area contributed by atoms with Crippen LogP contribution in [0.5, 0.6) is 0 Å². The molecule has 0 bridgehead atoms. The van der Waals surface area contributed by atoms with E-state index in [9.17, 15) is 4.79 Å². The second-order valence-electron chi connectivity index (χ2n) is 3.52. The van der Waals surface area contributed by atoms with Crippen LogP contribution in [0.4, 0.5) is 0 Å². The molecule has 0 aliphatic carbocycles. The van der Waals surface area contributed by atoms with E-state index in [1.165, 1.54) is 11.1 Å². The molecule has 0 spiro atoms. The molecule has 1 aromatic rings. The minimum atomic E-state index is -0.0994. The number of nitrogens with one attached hydrogen (secondary N) is 1. The number of benzene rings is 1. The Morgan fingerprint density at radius 3 is 2.69 bits per heavy atom. The van der Waals surface area contributed by atoms with Gasteiger partial charge in [-0.05, 0) is 12.5 Å². The lowest BCUT2D eigenvalue weighted by Gasteiger charge is -2.03. The highest BCUT2D eigenvalue weighted by atomic mass is 35.5. The predicted molar refractivity (Wildman–Crippen MR) is 71.1 cm³/mol. The summed E-state index contributed by atoms with van der Waals surface area (Å²) in [6.45, 7) is 2.76. The van der Waals surface area contributed by atoms with Gasteiger partial charge in [-0.15, -0.1) is 11.6 Å². The monoisotopic (exact) mass is 257 g/mol. The van der Waals surface area contributed by atoms with Gasteiger partial charge in [-0.1, -0.05) is 29.8 Å². The lowest BCUT2D eigenvalue weighted by molar-refractivity contribution is -0.118. The Morgan fingerprint density at radius 2 is 2.06 bits per heavy atom. The van der Waals surface area contributed by atoms with Crippen molar-refractivity contribution in [1.82, 2.24) is 5.32 Å². The average Bonchev–Trinajstić information content (AvgIpc) is 2.31. The summed E-state index contributed by atoms with van der Waals surface area (Å²) >= 11 is 7.16. The fraction of sp³-hybridized carbons (Fsp3) is 0.417. The van der Waals surface area contributed by atoms with Crippen molar-refractivity contribution in [2.24, 2.45) is 0 Å². The molecule has 0 radical (unpaired) electrons. The van der Waals surface area contributed by atoms with Gasteiger partial charge in [0.2, 0.25) is 5.91 Å². The molecule has 0 aliphatic heterocycles. The standard InChI is InChI=1S/C12H16ClNOS/c1-10-2-4-11(5-3-10)9-16-7-6-14-12(15)8-13/h2-5H,6-9H2,1H3,(H,14,15). The van der Waals surface area contributed by atoms with E-state index >= 15 is 0 Å². The summed E-state index contributed by atoms with van der Waals surface area (Å²) in [4.78, 5) is 10.8. The summed E-state index contributed by atoms with van der Waals surface area (Å²) in [5.41, 5.74) is 2.60. The van der Waals surface area contributed by atoms with Crippen LogP contribution in [-0.4, -0.2) is 24.1 Å². The van der Waals surface area contributed by atoms with Gasteiger partial charge in [-0.2, -0.15) is 11.8 Å².